The fourth-order valence-corrected chi connectivity index (χ4v) is 6.29. The van der Waals surface area contributed by atoms with Crippen LogP contribution in [0.25, 0.3) is 0 Å². The summed E-state index contributed by atoms with van der Waals surface area (Å²) in [6.45, 7) is 6.98. The van der Waals surface area contributed by atoms with Crippen molar-refractivity contribution in [3.63, 3.8) is 0 Å². The van der Waals surface area contributed by atoms with E-state index in [1.807, 2.05) is 70.2 Å². The Hall–Kier alpha value is -4.83. The lowest BCUT2D eigenvalue weighted by molar-refractivity contribution is -0.141. The second kappa shape index (κ2) is 15.0. The molecule has 0 spiro atoms. The monoisotopic (exact) mass is 643 g/mol. The number of amides is 2. The molecule has 10 heteroatoms. The molecule has 0 aliphatic rings. The highest BCUT2D eigenvalue weighted by Gasteiger charge is 2.34. The quantitative estimate of drug-likeness (QED) is 0.181. The van der Waals surface area contributed by atoms with Crippen LogP contribution in [0.5, 0.6) is 17.2 Å². The molecule has 0 saturated heterocycles. The largest absolute Gasteiger partial charge is 0.497 e. The van der Waals surface area contributed by atoms with Gasteiger partial charge in [0.1, 0.15) is 29.8 Å². The van der Waals surface area contributed by atoms with Gasteiger partial charge in [-0.3, -0.25) is 13.9 Å². The fourth-order valence-electron chi connectivity index (χ4n) is 4.85. The van der Waals surface area contributed by atoms with Crippen LogP contribution in [-0.2, 0) is 26.2 Å². The molecule has 0 radical (unpaired) electrons. The maximum atomic E-state index is 14.3. The van der Waals surface area contributed by atoms with Crippen molar-refractivity contribution >= 4 is 27.5 Å². The number of carbonyl (C=O) groups excluding carboxylic acids is 2. The minimum atomic E-state index is -4.19. The molecule has 46 heavy (non-hydrogen) atoms. The van der Waals surface area contributed by atoms with Gasteiger partial charge in [0.15, 0.2) is 0 Å². The molecule has 0 fully saturated rings. The van der Waals surface area contributed by atoms with Crippen LogP contribution in [0.1, 0.15) is 39.7 Å². The number of rotatable bonds is 13. The molecule has 0 aliphatic heterocycles. The second-order valence-corrected chi connectivity index (χ2v) is 13.6. The van der Waals surface area contributed by atoms with Gasteiger partial charge in [0, 0.05) is 12.1 Å². The van der Waals surface area contributed by atoms with Crippen molar-refractivity contribution in [3.8, 4) is 17.2 Å². The van der Waals surface area contributed by atoms with Gasteiger partial charge < -0.3 is 19.7 Å². The topological polar surface area (TPSA) is 105 Å². The maximum absolute atomic E-state index is 14.3. The molecule has 4 aromatic rings. The zero-order valence-electron chi connectivity index (χ0n) is 26.8. The van der Waals surface area contributed by atoms with Crippen molar-refractivity contribution in [2.24, 2.45) is 0 Å². The number of nitrogens with zero attached hydrogens (tertiary/aromatic N) is 2. The van der Waals surface area contributed by atoms with E-state index < -0.39 is 34.1 Å². The third-order valence-electron chi connectivity index (χ3n) is 7.11. The maximum Gasteiger partial charge on any atom is 0.264 e. The average molecular weight is 644 g/mol. The fraction of sp³-hybridized carbons (Fsp3) is 0.278. The third kappa shape index (κ3) is 8.88. The Morgan fingerprint density at radius 3 is 1.87 bits per heavy atom. The highest BCUT2D eigenvalue weighted by Crippen LogP contribution is 2.29. The lowest BCUT2D eigenvalue weighted by atomic mass is 10.1. The van der Waals surface area contributed by atoms with Gasteiger partial charge in [-0.2, -0.15) is 0 Å². The summed E-state index contributed by atoms with van der Waals surface area (Å²) in [5, 5.41) is 2.98. The molecule has 242 valence electrons. The molecule has 4 aromatic carbocycles. The van der Waals surface area contributed by atoms with Gasteiger partial charge in [-0.1, -0.05) is 55.5 Å². The molecule has 0 saturated carbocycles. The lowest BCUT2D eigenvalue weighted by Crippen LogP contribution is -2.55. The first-order valence-electron chi connectivity index (χ1n) is 15.1. The number of hydrogen-bond donors (Lipinski definition) is 1. The summed E-state index contributed by atoms with van der Waals surface area (Å²) in [6.07, 6.45) is 0.320. The molecule has 1 N–H and O–H groups in total. The van der Waals surface area contributed by atoms with E-state index in [9.17, 15) is 18.0 Å². The van der Waals surface area contributed by atoms with Gasteiger partial charge in [0.25, 0.3) is 10.0 Å². The second-order valence-electron chi connectivity index (χ2n) is 11.8. The van der Waals surface area contributed by atoms with Gasteiger partial charge >= 0.3 is 0 Å². The SMILES string of the molecule is CCC(C(=O)NC(C)(C)C)N(Cc1ccc(OC)cc1)C(=O)CN(c1ccc(Oc2ccccc2)cc1)S(=O)(=O)c1ccccc1. The van der Waals surface area contributed by atoms with Crippen molar-refractivity contribution in [1.29, 1.82) is 0 Å². The van der Waals surface area contributed by atoms with Gasteiger partial charge in [-0.25, -0.2) is 8.42 Å². The van der Waals surface area contributed by atoms with Gasteiger partial charge in [0.05, 0.1) is 17.7 Å². The van der Waals surface area contributed by atoms with E-state index in [-0.39, 0.29) is 23.0 Å². The Morgan fingerprint density at radius 2 is 1.33 bits per heavy atom. The minimum Gasteiger partial charge on any atom is -0.497 e. The summed E-state index contributed by atoms with van der Waals surface area (Å²) in [6, 6.07) is 30.0. The summed E-state index contributed by atoms with van der Waals surface area (Å²) in [4.78, 5) is 29.3. The summed E-state index contributed by atoms with van der Waals surface area (Å²) in [5.41, 5.74) is 0.497. The first-order valence-corrected chi connectivity index (χ1v) is 16.5. The number of methoxy groups -OCH3 is 1. The summed E-state index contributed by atoms with van der Waals surface area (Å²) in [7, 11) is -2.62. The smallest absolute Gasteiger partial charge is 0.264 e. The van der Waals surface area contributed by atoms with E-state index in [0.717, 1.165) is 9.87 Å². The van der Waals surface area contributed by atoms with Gasteiger partial charge in [0.2, 0.25) is 11.8 Å². The van der Waals surface area contributed by atoms with Gasteiger partial charge in [-0.05, 0) is 93.4 Å². The number of benzene rings is 4. The average Bonchev–Trinajstić information content (AvgIpc) is 3.04. The number of nitrogens with one attached hydrogen (secondary N) is 1. The van der Waals surface area contributed by atoms with Crippen LogP contribution in [-0.4, -0.2) is 50.4 Å². The van der Waals surface area contributed by atoms with Crippen molar-refractivity contribution in [3.05, 3.63) is 115 Å². The molecule has 1 unspecified atom stereocenters. The van der Waals surface area contributed by atoms with Crippen LogP contribution < -0.4 is 19.1 Å². The zero-order valence-corrected chi connectivity index (χ0v) is 27.7. The molecule has 2 amide bonds. The Balaban J connectivity index is 1.72. The summed E-state index contributed by atoms with van der Waals surface area (Å²) in [5.74, 6) is 0.934. The van der Waals surface area contributed by atoms with Crippen molar-refractivity contribution < 1.29 is 27.5 Å². The number of para-hydroxylation sites is 1. The summed E-state index contributed by atoms with van der Waals surface area (Å²) >= 11 is 0. The van der Waals surface area contributed by atoms with Gasteiger partial charge in [-0.15, -0.1) is 0 Å². The normalized spacial score (nSPS) is 12.1. The van der Waals surface area contributed by atoms with E-state index in [4.69, 9.17) is 9.47 Å². The lowest BCUT2D eigenvalue weighted by Gasteiger charge is -2.34. The molecule has 0 heterocycles. The van der Waals surface area contributed by atoms with Crippen molar-refractivity contribution in [2.75, 3.05) is 18.0 Å². The van der Waals surface area contributed by atoms with Crippen LogP contribution in [0.15, 0.2) is 114 Å². The predicted molar refractivity (Wildman–Crippen MR) is 179 cm³/mol. The zero-order chi connectivity index (χ0) is 33.3. The van der Waals surface area contributed by atoms with Crippen LogP contribution >= 0.6 is 0 Å². The molecule has 1 atom stereocenters. The number of sulfonamides is 1. The van der Waals surface area contributed by atoms with E-state index >= 15 is 0 Å². The Morgan fingerprint density at radius 1 is 0.783 bits per heavy atom. The number of hydrogen-bond acceptors (Lipinski definition) is 6. The standard InChI is InChI=1S/C36H41N3O6S/c1-6-33(35(41)37-36(2,3)4)38(25-27-17-21-29(44-5)22-18-27)34(40)26-39(46(42,43)32-15-11-8-12-16-32)28-19-23-31(24-20-28)45-30-13-9-7-10-14-30/h7-24,33H,6,25-26H2,1-5H3,(H,37,41). The number of anilines is 1. The van der Waals surface area contributed by atoms with Crippen LogP contribution in [0.3, 0.4) is 0 Å². The molecular formula is C36H41N3O6S. The Kier molecular flexibility index (Phi) is 11.1. The first-order chi connectivity index (χ1) is 21.9. The highest BCUT2D eigenvalue weighted by atomic mass is 32.2. The molecule has 0 aliphatic carbocycles. The summed E-state index contributed by atoms with van der Waals surface area (Å²) < 4.78 is 40.4. The number of carbonyl (C=O) groups is 2. The van der Waals surface area contributed by atoms with Crippen LogP contribution in [0, 0.1) is 0 Å². The molecule has 9 nitrogen and oxygen atoms in total. The molecule has 4 rings (SSSR count). The van der Waals surface area contributed by atoms with Crippen LogP contribution in [0.2, 0.25) is 0 Å². The molecule has 0 aromatic heterocycles. The number of ether oxygens (including phenoxy) is 2. The first kappa shape index (κ1) is 34.1. The minimum absolute atomic E-state index is 0.0339. The Labute approximate surface area is 271 Å². The van der Waals surface area contributed by atoms with E-state index in [2.05, 4.69) is 5.32 Å². The van der Waals surface area contributed by atoms with Crippen LogP contribution in [0.4, 0.5) is 5.69 Å². The van der Waals surface area contributed by atoms with Crippen molar-refractivity contribution in [1.82, 2.24) is 10.2 Å². The van der Waals surface area contributed by atoms with E-state index in [0.29, 0.717) is 23.7 Å². The predicted octanol–water partition coefficient (Wildman–Crippen LogP) is 6.40. The molecule has 0 bridgehead atoms. The van der Waals surface area contributed by atoms with Crippen molar-refractivity contribution in [2.45, 2.75) is 57.1 Å². The van der Waals surface area contributed by atoms with E-state index in [1.165, 1.54) is 17.0 Å². The highest BCUT2D eigenvalue weighted by molar-refractivity contribution is 7.92. The third-order valence-corrected chi connectivity index (χ3v) is 8.90. The Bertz CT molecular complexity index is 1690. The van der Waals surface area contributed by atoms with E-state index in [1.54, 1.807) is 61.7 Å². The molecular weight excluding hydrogens is 602 g/mol.